The van der Waals surface area contributed by atoms with Crippen molar-refractivity contribution in [2.75, 3.05) is 0 Å². The molecule has 0 fully saturated rings. The number of carbonyl (C=O) groups excluding carboxylic acids is 1. The van der Waals surface area contributed by atoms with Crippen LogP contribution in [0.15, 0.2) is 17.8 Å². The molecule has 0 saturated carbocycles. The number of benzene rings is 1. The molecule has 0 bridgehead atoms. The second kappa shape index (κ2) is 5.62. The first-order valence-electron chi connectivity index (χ1n) is 5.79. The smallest absolute Gasteiger partial charge is 0.264 e. The van der Waals surface area contributed by atoms with Gasteiger partial charge in [-0.2, -0.15) is 0 Å². The van der Waals surface area contributed by atoms with Crippen LogP contribution in [0.5, 0.6) is 0 Å². The Morgan fingerprint density at radius 3 is 2.65 bits per heavy atom. The van der Waals surface area contributed by atoms with Crippen molar-refractivity contribution in [3.63, 3.8) is 0 Å². The second-order valence-corrected chi connectivity index (χ2v) is 4.95. The van der Waals surface area contributed by atoms with Crippen molar-refractivity contribution in [2.24, 2.45) is 5.73 Å². The number of primary amides is 1. The Hall–Kier alpha value is -1.89. The van der Waals surface area contributed by atoms with Gasteiger partial charge in [-0.3, -0.25) is 9.78 Å². The van der Waals surface area contributed by atoms with Gasteiger partial charge >= 0.3 is 0 Å². The number of amides is 1. The van der Waals surface area contributed by atoms with Crippen molar-refractivity contribution in [3.05, 3.63) is 40.3 Å². The van der Waals surface area contributed by atoms with E-state index in [1.807, 2.05) is 0 Å². The predicted octanol–water partition coefficient (Wildman–Crippen LogP) is 3.55. The first-order chi connectivity index (χ1) is 9.47. The molecule has 1 aromatic carbocycles. The van der Waals surface area contributed by atoms with Gasteiger partial charge in [0.1, 0.15) is 5.82 Å². The zero-order chi connectivity index (χ0) is 14.9. The number of nitrogens with two attached hydrogens (primary N) is 1. The molecule has 106 valence electrons. The number of aromatic nitrogens is 1. The lowest BCUT2D eigenvalue weighted by atomic mass is 9.92. The van der Waals surface area contributed by atoms with Gasteiger partial charge in [-0.05, 0) is 18.1 Å². The summed E-state index contributed by atoms with van der Waals surface area (Å²) < 4.78 is 40.2. The van der Waals surface area contributed by atoms with Gasteiger partial charge in [-0.25, -0.2) is 13.2 Å². The summed E-state index contributed by atoms with van der Waals surface area (Å²) in [5, 5.41) is 0. The van der Waals surface area contributed by atoms with Crippen LogP contribution in [0.4, 0.5) is 13.2 Å². The molecule has 20 heavy (non-hydrogen) atoms. The third kappa shape index (κ3) is 2.40. The summed E-state index contributed by atoms with van der Waals surface area (Å²) in [6, 6.07) is 0.680. The Morgan fingerprint density at radius 2 is 2.20 bits per heavy atom. The van der Waals surface area contributed by atoms with E-state index in [2.05, 4.69) is 4.98 Å². The predicted molar refractivity (Wildman–Crippen MR) is 70.4 cm³/mol. The number of carbonyl (C=O) groups is 1. The van der Waals surface area contributed by atoms with Crippen molar-refractivity contribution >= 4 is 17.2 Å². The molecule has 0 atom stereocenters. The standard InChI is InChI=1S/C13H11F3N2OS/c1-2-6-10(9-4-18-5-20-9)7(12(15)16)3-8(14)11(6)13(17)19/h3-5,12H,2H2,1H3,(H2,17,19). The molecule has 2 aromatic rings. The second-order valence-electron chi connectivity index (χ2n) is 4.06. The maximum Gasteiger partial charge on any atom is 0.264 e. The third-order valence-electron chi connectivity index (χ3n) is 2.93. The molecule has 2 rings (SSSR count). The normalized spacial score (nSPS) is 11.1. The zero-order valence-electron chi connectivity index (χ0n) is 10.5. The molecule has 0 spiro atoms. The molecule has 0 aliphatic rings. The molecule has 1 amide bonds. The monoisotopic (exact) mass is 300 g/mol. The SMILES string of the molecule is CCc1c(C(N)=O)c(F)cc(C(F)F)c1-c1cncs1. The fraction of sp³-hybridized carbons (Fsp3) is 0.231. The van der Waals surface area contributed by atoms with Crippen molar-refractivity contribution in [1.82, 2.24) is 4.98 Å². The largest absolute Gasteiger partial charge is 0.365 e. The van der Waals surface area contributed by atoms with Gasteiger partial charge in [-0.1, -0.05) is 6.92 Å². The maximum atomic E-state index is 13.9. The summed E-state index contributed by atoms with van der Waals surface area (Å²) in [5.41, 5.74) is 6.21. The van der Waals surface area contributed by atoms with Crippen molar-refractivity contribution in [1.29, 1.82) is 0 Å². The van der Waals surface area contributed by atoms with Crippen molar-refractivity contribution in [3.8, 4) is 10.4 Å². The van der Waals surface area contributed by atoms with Crippen LogP contribution in [0, 0.1) is 5.82 Å². The lowest BCUT2D eigenvalue weighted by Crippen LogP contribution is -2.17. The van der Waals surface area contributed by atoms with Gasteiger partial charge in [0.05, 0.1) is 16.0 Å². The molecular weight excluding hydrogens is 289 g/mol. The highest BCUT2D eigenvalue weighted by molar-refractivity contribution is 7.13. The number of thiazole rings is 1. The molecule has 0 aliphatic heterocycles. The number of rotatable bonds is 4. The Bertz CT molecular complexity index is 642. The van der Waals surface area contributed by atoms with E-state index < -0.39 is 23.7 Å². The Balaban J connectivity index is 2.86. The summed E-state index contributed by atoms with van der Waals surface area (Å²) in [7, 11) is 0. The summed E-state index contributed by atoms with van der Waals surface area (Å²) in [5.74, 6) is -1.98. The summed E-state index contributed by atoms with van der Waals surface area (Å²) >= 11 is 1.14. The molecule has 2 N–H and O–H groups in total. The van der Waals surface area contributed by atoms with E-state index in [0.29, 0.717) is 10.9 Å². The van der Waals surface area contributed by atoms with Crippen LogP contribution in [0.25, 0.3) is 10.4 Å². The van der Waals surface area contributed by atoms with Crippen molar-refractivity contribution in [2.45, 2.75) is 19.8 Å². The van der Waals surface area contributed by atoms with Gasteiger partial charge in [-0.15, -0.1) is 11.3 Å². The topological polar surface area (TPSA) is 56.0 Å². The minimum absolute atomic E-state index is 0.153. The van der Waals surface area contributed by atoms with E-state index in [0.717, 1.165) is 11.3 Å². The van der Waals surface area contributed by atoms with Crippen LogP contribution in [0.1, 0.15) is 34.8 Å². The molecule has 7 heteroatoms. The van der Waals surface area contributed by atoms with E-state index in [9.17, 15) is 18.0 Å². The molecule has 1 aromatic heterocycles. The van der Waals surface area contributed by atoms with Crippen LogP contribution in [-0.4, -0.2) is 10.9 Å². The molecule has 0 aliphatic carbocycles. The summed E-state index contributed by atoms with van der Waals surface area (Å²) in [4.78, 5) is 15.7. The van der Waals surface area contributed by atoms with E-state index in [1.54, 1.807) is 6.92 Å². The first kappa shape index (κ1) is 14.5. The zero-order valence-corrected chi connectivity index (χ0v) is 11.3. The van der Waals surface area contributed by atoms with Gasteiger partial charge in [0.25, 0.3) is 12.3 Å². The van der Waals surface area contributed by atoms with Crippen LogP contribution >= 0.6 is 11.3 Å². The highest BCUT2D eigenvalue weighted by atomic mass is 32.1. The Kier molecular flexibility index (Phi) is 4.08. The lowest BCUT2D eigenvalue weighted by Gasteiger charge is -2.16. The van der Waals surface area contributed by atoms with Crippen molar-refractivity contribution < 1.29 is 18.0 Å². The number of halogens is 3. The molecule has 3 nitrogen and oxygen atoms in total. The third-order valence-corrected chi connectivity index (χ3v) is 3.72. The fourth-order valence-electron chi connectivity index (χ4n) is 2.15. The molecule has 0 unspecified atom stereocenters. The number of nitrogens with zero attached hydrogens (tertiary/aromatic N) is 1. The van der Waals surface area contributed by atoms with Gasteiger partial charge in [0.2, 0.25) is 0 Å². The molecule has 0 radical (unpaired) electrons. The number of hydrogen-bond acceptors (Lipinski definition) is 3. The molecule has 0 saturated heterocycles. The van der Waals surface area contributed by atoms with Crippen LogP contribution in [0.2, 0.25) is 0 Å². The quantitative estimate of drug-likeness (QED) is 0.938. The maximum absolute atomic E-state index is 13.9. The minimum Gasteiger partial charge on any atom is -0.365 e. The van der Waals surface area contributed by atoms with E-state index >= 15 is 0 Å². The average molecular weight is 300 g/mol. The summed E-state index contributed by atoms with van der Waals surface area (Å²) in [6.07, 6.45) is -1.23. The number of hydrogen-bond donors (Lipinski definition) is 1. The Morgan fingerprint density at radius 1 is 1.50 bits per heavy atom. The average Bonchev–Trinajstić information content (AvgIpc) is 2.90. The van der Waals surface area contributed by atoms with Gasteiger partial charge < -0.3 is 5.73 Å². The number of alkyl halides is 2. The van der Waals surface area contributed by atoms with E-state index in [1.165, 1.54) is 11.7 Å². The van der Waals surface area contributed by atoms with Crippen LogP contribution in [-0.2, 0) is 6.42 Å². The van der Waals surface area contributed by atoms with E-state index in [-0.39, 0.29) is 23.1 Å². The summed E-state index contributed by atoms with van der Waals surface area (Å²) in [6.45, 7) is 1.65. The minimum atomic E-state index is -2.85. The first-order valence-corrected chi connectivity index (χ1v) is 6.67. The molecule has 1 heterocycles. The van der Waals surface area contributed by atoms with Gasteiger partial charge in [0, 0.05) is 17.3 Å². The highest BCUT2D eigenvalue weighted by Crippen LogP contribution is 2.38. The van der Waals surface area contributed by atoms with Crippen LogP contribution < -0.4 is 5.73 Å². The van der Waals surface area contributed by atoms with Gasteiger partial charge in [0.15, 0.2) is 0 Å². The lowest BCUT2D eigenvalue weighted by molar-refractivity contribution is 0.0994. The fourth-order valence-corrected chi connectivity index (χ4v) is 2.86. The molecular formula is C13H11F3N2OS. The highest BCUT2D eigenvalue weighted by Gasteiger charge is 2.25. The van der Waals surface area contributed by atoms with E-state index in [4.69, 9.17) is 5.73 Å². The Labute approximate surface area is 117 Å². The van der Waals surface area contributed by atoms with Crippen LogP contribution in [0.3, 0.4) is 0 Å².